The lowest BCUT2D eigenvalue weighted by Gasteiger charge is -2.29. The number of nitrogens with one attached hydrogen (secondary N) is 1. The fourth-order valence-electron chi connectivity index (χ4n) is 3.59. The summed E-state index contributed by atoms with van der Waals surface area (Å²) in [6.45, 7) is 8.45. The monoisotopic (exact) mass is 396 g/mol. The van der Waals surface area contributed by atoms with E-state index in [0.29, 0.717) is 22.7 Å². The Hall–Kier alpha value is -3.40. The van der Waals surface area contributed by atoms with Crippen LogP contribution in [0.2, 0.25) is 0 Å². The van der Waals surface area contributed by atoms with Gasteiger partial charge in [0.1, 0.15) is 22.5 Å². The number of carbonyl (C=O) groups is 1. The number of carbonyl (C=O) groups excluding carboxylic acids is 1. The summed E-state index contributed by atoms with van der Waals surface area (Å²) in [5.74, 6) is -1.88. The maximum atomic E-state index is 14.4. The van der Waals surface area contributed by atoms with E-state index in [2.05, 4.69) is 11.4 Å². The standard InChI is InChI=1S/C22H21FN2O4/c1-10(2)28-22(27)18-13(5)25-12(4)15(9-24)19(18)14-6-7-16(23)20-17(26)8-11(3)29-21(14)20/h6-8,10,19,25H,1-5H3. The largest absolute Gasteiger partial charge is 0.461 e. The van der Waals surface area contributed by atoms with Gasteiger partial charge in [-0.25, -0.2) is 9.18 Å². The van der Waals surface area contributed by atoms with E-state index in [0.717, 1.165) is 6.07 Å². The van der Waals surface area contributed by atoms with Gasteiger partial charge in [0.15, 0.2) is 5.43 Å². The van der Waals surface area contributed by atoms with Gasteiger partial charge >= 0.3 is 5.97 Å². The molecule has 150 valence electrons. The maximum absolute atomic E-state index is 14.4. The van der Waals surface area contributed by atoms with Crippen LogP contribution in [0.1, 0.15) is 44.9 Å². The number of rotatable bonds is 3. The highest BCUT2D eigenvalue weighted by molar-refractivity contribution is 5.95. The Balaban J connectivity index is 2.37. The zero-order chi connectivity index (χ0) is 21.5. The van der Waals surface area contributed by atoms with Crippen molar-refractivity contribution in [2.75, 3.05) is 0 Å². The molecule has 6 nitrogen and oxygen atoms in total. The lowest BCUT2D eigenvalue weighted by Crippen LogP contribution is -2.30. The Morgan fingerprint density at radius 1 is 1.28 bits per heavy atom. The van der Waals surface area contributed by atoms with E-state index in [1.165, 1.54) is 12.1 Å². The summed E-state index contributed by atoms with van der Waals surface area (Å²) in [6, 6.07) is 5.93. The Bertz CT molecular complexity index is 1180. The number of esters is 1. The third-order valence-corrected chi connectivity index (χ3v) is 4.74. The molecule has 1 aliphatic rings. The van der Waals surface area contributed by atoms with Crippen LogP contribution in [0, 0.1) is 24.1 Å². The zero-order valence-corrected chi connectivity index (χ0v) is 16.8. The lowest BCUT2D eigenvalue weighted by molar-refractivity contribution is -0.143. The summed E-state index contributed by atoms with van der Waals surface area (Å²) >= 11 is 0. The van der Waals surface area contributed by atoms with E-state index in [9.17, 15) is 19.2 Å². The molecule has 0 radical (unpaired) electrons. The van der Waals surface area contributed by atoms with Gasteiger partial charge in [0.05, 0.1) is 29.2 Å². The van der Waals surface area contributed by atoms with Gasteiger partial charge in [0.25, 0.3) is 0 Å². The maximum Gasteiger partial charge on any atom is 0.337 e. The van der Waals surface area contributed by atoms with Gasteiger partial charge in [-0.1, -0.05) is 6.07 Å². The molecule has 0 saturated carbocycles. The molecule has 0 fully saturated rings. The number of benzene rings is 1. The molecule has 1 aromatic heterocycles. The highest BCUT2D eigenvalue weighted by Crippen LogP contribution is 2.41. The predicted octanol–water partition coefficient (Wildman–Crippen LogP) is 3.95. The third kappa shape index (κ3) is 3.54. The molecule has 0 amide bonds. The predicted molar refractivity (Wildman–Crippen MR) is 105 cm³/mol. The summed E-state index contributed by atoms with van der Waals surface area (Å²) in [5.41, 5.74) is 1.41. The Morgan fingerprint density at radius 2 is 1.97 bits per heavy atom. The molecule has 2 heterocycles. The average molecular weight is 396 g/mol. The Morgan fingerprint density at radius 3 is 2.59 bits per heavy atom. The summed E-state index contributed by atoms with van der Waals surface area (Å²) in [6.07, 6.45) is -0.369. The number of aryl methyl sites for hydroxylation is 1. The molecular formula is C22H21FN2O4. The minimum atomic E-state index is -0.861. The quantitative estimate of drug-likeness (QED) is 0.790. The Kier molecular flexibility index (Phi) is 5.29. The molecule has 3 rings (SSSR count). The van der Waals surface area contributed by atoms with Crippen LogP contribution in [0.25, 0.3) is 11.0 Å². The van der Waals surface area contributed by atoms with Crippen molar-refractivity contribution in [2.24, 2.45) is 0 Å². The molecule has 0 spiro atoms. The van der Waals surface area contributed by atoms with Crippen molar-refractivity contribution < 1.29 is 18.3 Å². The second-order valence-electron chi connectivity index (χ2n) is 7.26. The molecule has 29 heavy (non-hydrogen) atoms. The molecular weight excluding hydrogens is 375 g/mol. The molecule has 1 unspecified atom stereocenters. The van der Waals surface area contributed by atoms with Crippen LogP contribution in [0.15, 0.2) is 50.0 Å². The minimum Gasteiger partial charge on any atom is -0.461 e. The SMILES string of the molecule is CC1=C(C#N)C(c2ccc(F)c3c(=O)cc(C)oc23)C(C(=O)OC(C)C)=C(C)N1. The number of nitriles is 1. The lowest BCUT2D eigenvalue weighted by atomic mass is 9.80. The van der Waals surface area contributed by atoms with Crippen LogP contribution < -0.4 is 10.7 Å². The number of dihydropyridines is 1. The van der Waals surface area contributed by atoms with E-state index in [4.69, 9.17) is 9.15 Å². The number of allylic oxidation sites excluding steroid dienone is 3. The summed E-state index contributed by atoms with van der Waals surface area (Å²) in [7, 11) is 0. The molecule has 0 aliphatic carbocycles. The summed E-state index contributed by atoms with van der Waals surface area (Å²) in [5, 5.41) is 12.6. The first-order valence-corrected chi connectivity index (χ1v) is 9.18. The molecule has 7 heteroatoms. The smallest absolute Gasteiger partial charge is 0.337 e. The second kappa shape index (κ2) is 7.55. The van der Waals surface area contributed by atoms with Crippen molar-refractivity contribution in [3.63, 3.8) is 0 Å². The Labute approximate surface area is 167 Å². The minimum absolute atomic E-state index is 0.0186. The van der Waals surface area contributed by atoms with Crippen LogP contribution in [0.4, 0.5) is 4.39 Å². The number of hydrogen-bond acceptors (Lipinski definition) is 6. The second-order valence-corrected chi connectivity index (χ2v) is 7.26. The molecule has 0 saturated heterocycles. The van der Waals surface area contributed by atoms with Crippen molar-refractivity contribution in [1.29, 1.82) is 5.26 Å². The van der Waals surface area contributed by atoms with Crippen molar-refractivity contribution in [3.05, 3.63) is 68.1 Å². The third-order valence-electron chi connectivity index (χ3n) is 4.74. The fourth-order valence-corrected chi connectivity index (χ4v) is 3.59. The fraction of sp³-hybridized carbons (Fsp3) is 0.318. The van der Waals surface area contributed by atoms with E-state index >= 15 is 0 Å². The highest BCUT2D eigenvalue weighted by atomic mass is 19.1. The number of hydrogen-bond donors (Lipinski definition) is 1. The summed E-state index contributed by atoms with van der Waals surface area (Å²) in [4.78, 5) is 25.3. The molecule has 1 aromatic carbocycles. The van der Waals surface area contributed by atoms with Gasteiger partial charge in [-0.05, 0) is 40.7 Å². The van der Waals surface area contributed by atoms with E-state index < -0.39 is 23.1 Å². The average Bonchev–Trinajstić information content (AvgIpc) is 2.60. The molecule has 1 atom stereocenters. The van der Waals surface area contributed by atoms with Crippen LogP contribution in [-0.2, 0) is 9.53 Å². The van der Waals surface area contributed by atoms with Crippen LogP contribution in [0.3, 0.4) is 0 Å². The number of nitrogens with zero attached hydrogens (tertiary/aromatic N) is 1. The van der Waals surface area contributed by atoms with Gasteiger partial charge in [0, 0.05) is 23.0 Å². The van der Waals surface area contributed by atoms with Gasteiger partial charge in [0.2, 0.25) is 0 Å². The van der Waals surface area contributed by atoms with E-state index in [1.54, 1.807) is 34.6 Å². The topological polar surface area (TPSA) is 92.3 Å². The normalized spacial score (nSPS) is 16.8. The van der Waals surface area contributed by atoms with Gasteiger partial charge < -0.3 is 14.5 Å². The van der Waals surface area contributed by atoms with Crippen LogP contribution >= 0.6 is 0 Å². The van der Waals surface area contributed by atoms with E-state index in [-0.39, 0.29) is 28.2 Å². The number of halogens is 1. The highest BCUT2D eigenvalue weighted by Gasteiger charge is 2.36. The van der Waals surface area contributed by atoms with Crippen molar-refractivity contribution in [1.82, 2.24) is 5.32 Å². The van der Waals surface area contributed by atoms with Crippen LogP contribution in [-0.4, -0.2) is 12.1 Å². The van der Waals surface area contributed by atoms with Crippen molar-refractivity contribution in [2.45, 2.75) is 46.6 Å². The summed E-state index contributed by atoms with van der Waals surface area (Å²) < 4.78 is 25.5. The first-order valence-electron chi connectivity index (χ1n) is 9.18. The van der Waals surface area contributed by atoms with E-state index in [1.807, 2.05) is 0 Å². The van der Waals surface area contributed by atoms with Crippen molar-refractivity contribution in [3.8, 4) is 6.07 Å². The molecule has 1 aliphatic heterocycles. The van der Waals surface area contributed by atoms with Crippen LogP contribution in [0.5, 0.6) is 0 Å². The first kappa shape index (κ1) is 20.3. The van der Waals surface area contributed by atoms with Gasteiger partial charge in [-0.15, -0.1) is 0 Å². The number of ether oxygens (including phenoxy) is 1. The first-order chi connectivity index (χ1) is 13.6. The molecule has 1 N–H and O–H groups in total. The molecule has 2 aromatic rings. The molecule has 0 bridgehead atoms. The number of fused-ring (bicyclic) bond motifs is 1. The zero-order valence-electron chi connectivity index (χ0n) is 16.8. The van der Waals surface area contributed by atoms with Gasteiger partial charge in [-0.2, -0.15) is 5.26 Å². The van der Waals surface area contributed by atoms with Gasteiger partial charge in [-0.3, -0.25) is 4.79 Å². The van der Waals surface area contributed by atoms with Crippen molar-refractivity contribution >= 4 is 16.9 Å².